The van der Waals surface area contributed by atoms with Gasteiger partial charge >= 0.3 is 0 Å². The van der Waals surface area contributed by atoms with Crippen molar-refractivity contribution in [2.75, 3.05) is 20.3 Å². The van der Waals surface area contributed by atoms with Crippen molar-refractivity contribution < 1.29 is 23.1 Å². The Bertz CT molecular complexity index is 1390. The molecule has 36 heavy (non-hydrogen) atoms. The molecule has 0 fully saturated rings. The van der Waals surface area contributed by atoms with Crippen LogP contribution in [0.2, 0.25) is 0 Å². The van der Waals surface area contributed by atoms with Crippen LogP contribution in [0.15, 0.2) is 71.4 Å². The molecule has 0 bridgehead atoms. The summed E-state index contributed by atoms with van der Waals surface area (Å²) in [6, 6.07) is 16.2. The lowest BCUT2D eigenvalue weighted by molar-refractivity contribution is -0.116. The fourth-order valence-corrected chi connectivity index (χ4v) is 4.30. The van der Waals surface area contributed by atoms with Gasteiger partial charge in [0.15, 0.2) is 0 Å². The Hall–Kier alpha value is -4.06. The van der Waals surface area contributed by atoms with Gasteiger partial charge in [0.25, 0.3) is 0 Å². The van der Waals surface area contributed by atoms with Crippen molar-refractivity contribution in [2.24, 2.45) is 0 Å². The molecule has 3 aromatic carbocycles. The number of halogens is 1. The molecule has 1 N–H and O–H groups in total. The Balaban J connectivity index is 1.59. The van der Waals surface area contributed by atoms with Crippen molar-refractivity contribution in [2.45, 2.75) is 27.2 Å². The highest BCUT2D eigenvalue weighted by Crippen LogP contribution is 2.40. The van der Waals surface area contributed by atoms with Crippen LogP contribution < -0.4 is 14.8 Å². The maximum Gasteiger partial charge on any atom is 0.244 e. The first-order chi connectivity index (χ1) is 17.4. The SMILES string of the molecule is CCOc1ccc(-c2coc3c(C)c(OC)c(/C(C)=C/C(=O)NCCc4ccc(F)cc4)cc23)cc1. The quantitative estimate of drug-likeness (QED) is 0.266. The zero-order valence-corrected chi connectivity index (χ0v) is 21.0. The average molecular weight is 488 g/mol. The fraction of sp³-hybridized carbons (Fsp3) is 0.233. The molecule has 0 saturated heterocycles. The van der Waals surface area contributed by atoms with Crippen LogP contribution >= 0.6 is 0 Å². The van der Waals surface area contributed by atoms with Crippen LogP contribution in [0.3, 0.4) is 0 Å². The number of allylic oxidation sites excluding steroid dienone is 1. The number of fused-ring (bicyclic) bond motifs is 1. The summed E-state index contributed by atoms with van der Waals surface area (Å²) < 4.78 is 30.3. The molecule has 0 spiro atoms. The molecule has 1 amide bonds. The highest BCUT2D eigenvalue weighted by Gasteiger charge is 2.19. The molecule has 4 rings (SSSR count). The lowest BCUT2D eigenvalue weighted by Crippen LogP contribution is -2.23. The number of carbonyl (C=O) groups excluding carboxylic acids is 1. The minimum absolute atomic E-state index is 0.201. The van der Waals surface area contributed by atoms with E-state index in [4.69, 9.17) is 13.9 Å². The van der Waals surface area contributed by atoms with Crippen molar-refractivity contribution in [3.05, 3.63) is 89.4 Å². The molecule has 0 radical (unpaired) electrons. The number of furan rings is 1. The van der Waals surface area contributed by atoms with Crippen LogP contribution in [-0.2, 0) is 11.2 Å². The number of hydrogen-bond acceptors (Lipinski definition) is 4. The monoisotopic (exact) mass is 487 g/mol. The molecule has 4 aromatic rings. The van der Waals surface area contributed by atoms with E-state index >= 15 is 0 Å². The van der Waals surface area contributed by atoms with E-state index in [1.54, 1.807) is 31.6 Å². The minimum atomic E-state index is -0.272. The van der Waals surface area contributed by atoms with Gasteiger partial charge in [0.2, 0.25) is 5.91 Å². The summed E-state index contributed by atoms with van der Waals surface area (Å²) in [7, 11) is 1.62. The number of aryl methyl sites for hydroxylation is 1. The molecule has 0 saturated carbocycles. The molecule has 5 nitrogen and oxygen atoms in total. The van der Waals surface area contributed by atoms with E-state index in [0.717, 1.165) is 50.1 Å². The molecule has 186 valence electrons. The topological polar surface area (TPSA) is 60.7 Å². The molecule has 0 atom stereocenters. The third kappa shape index (κ3) is 5.43. The largest absolute Gasteiger partial charge is 0.496 e. The van der Waals surface area contributed by atoms with E-state index in [0.29, 0.717) is 25.3 Å². The first-order valence-electron chi connectivity index (χ1n) is 11.9. The Morgan fingerprint density at radius 1 is 1.11 bits per heavy atom. The number of hydrogen-bond donors (Lipinski definition) is 1. The van der Waals surface area contributed by atoms with E-state index in [1.165, 1.54) is 12.1 Å². The van der Waals surface area contributed by atoms with E-state index in [-0.39, 0.29) is 11.7 Å². The van der Waals surface area contributed by atoms with Crippen LogP contribution in [0.1, 0.15) is 30.5 Å². The van der Waals surface area contributed by atoms with Gasteiger partial charge < -0.3 is 19.2 Å². The van der Waals surface area contributed by atoms with E-state index in [2.05, 4.69) is 5.32 Å². The summed E-state index contributed by atoms with van der Waals surface area (Å²) in [4.78, 5) is 12.6. The molecule has 1 aromatic heterocycles. The number of carbonyl (C=O) groups is 1. The highest BCUT2D eigenvalue weighted by molar-refractivity contribution is 6.01. The molecule has 0 aliphatic carbocycles. The van der Waals surface area contributed by atoms with Crippen LogP contribution in [0.4, 0.5) is 4.39 Å². The predicted octanol–water partition coefficient (Wildman–Crippen LogP) is 6.72. The normalized spacial score (nSPS) is 11.5. The number of amides is 1. The lowest BCUT2D eigenvalue weighted by atomic mass is 9.96. The predicted molar refractivity (Wildman–Crippen MR) is 141 cm³/mol. The number of benzene rings is 3. The first-order valence-corrected chi connectivity index (χ1v) is 11.9. The maximum atomic E-state index is 13.1. The molecule has 0 aliphatic heterocycles. The number of nitrogens with one attached hydrogen (secondary N) is 1. The second kappa shape index (κ2) is 11.1. The van der Waals surface area contributed by atoms with E-state index in [9.17, 15) is 9.18 Å². The third-order valence-corrected chi connectivity index (χ3v) is 6.12. The van der Waals surface area contributed by atoms with Gasteiger partial charge in [0.1, 0.15) is 22.9 Å². The second-order valence-electron chi connectivity index (χ2n) is 8.56. The van der Waals surface area contributed by atoms with Gasteiger partial charge in [-0.15, -0.1) is 0 Å². The molecule has 0 unspecified atom stereocenters. The van der Waals surface area contributed by atoms with Gasteiger partial charge in [-0.2, -0.15) is 0 Å². The summed E-state index contributed by atoms with van der Waals surface area (Å²) in [6.45, 7) is 6.86. The Labute approximate surface area is 210 Å². The summed E-state index contributed by atoms with van der Waals surface area (Å²) in [5.74, 6) is 1.01. The molecule has 0 aliphatic rings. The standard InChI is InChI=1S/C30H30FNO4/c1-5-35-24-12-8-22(9-13-24)27-18-36-30-20(3)29(34-4)25(17-26(27)30)19(2)16-28(33)32-15-14-21-6-10-23(31)11-7-21/h6-13,16-18H,5,14-15H2,1-4H3,(H,32,33)/b19-16+. The van der Waals surface area contributed by atoms with Crippen LogP contribution in [0, 0.1) is 12.7 Å². The van der Waals surface area contributed by atoms with Crippen LogP contribution in [-0.4, -0.2) is 26.2 Å². The maximum absolute atomic E-state index is 13.1. The zero-order valence-electron chi connectivity index (χ0n) is 21.0. The minimum Gasteiger partial charge on any atom is -0.496 e. The van der Waals surface area contributed by atoms with Crippen molar-refractivity contribution in [3.8, 4) is 22.6 Å². The smallest absolute Gasteiger partial charge is 0.244 e. The first kappa shape index (κ1) is 25.0. The second-order valence-corrected chi connectivity index (χ2v) is 8.56. The fourth-order valence-electron chi connectivity index (χ4n) is 4.30. The summed E-state index contributed by atoms with van der Waals surface area (Å²) in [5.41, 5.74) is 6.13. The number of methoxy groups -OCH3 is 1. The average Bonchev–Trinajstić information content (AvgIpc) is 3.30. The summed E-state index contributed by atoms with van der Waals surface area (Å²) in [5, 5.41) is 3.84. The van der Waals surface area contributed by atoms with Gasteiger partial charge in [-0.1, -0.05) is 24.3 Å². The van der Waals surface area contributed by atoms with E-state index < -0.39 is 0 Å². The van der Waals surface area contributed by atoms with Gasteiger partial charge in [-0.05, 0) is 74.2 Å². The Morgan fingerprint density at radius 2 is 1.83 bits per heavy atom. The number of rotatable bonds is 9. The van der Waals surface area contributed by atoms with Crippen molar-refractivity contribution in [3.63, 3.8) is 0 Å². The third-order valence-electron chi connectivity index (χ3n) is 6.12. The number of ether oxygens (including phenoxy) is 2. The molecular weight excluding hydrogens is 457 g/mol. The van der Waals surface area contributed by atoms with Crippen molar-refractivity contribution >= 4 is 22.4 Å². The zero-order chi connectivity index (χ0) is 25.7. The van der Waals surface area contributed by atoms with Crippen molar-refractivity contribution in [1.82, 2.24) is 5.32 Å². The summed E-state index contributed by atoms with van der Waals surface area (Å²) >= 11 is 0. The van der Waals surface area contributed by atoms with Crippen LogP contribution in [0.25, 0.3) is 27.7 Å². The van der Waals surface area contributed by atoms with Gasteiger partial charge in [-0.25, -0.2) is 4.39 Å². The summed E-state index contributed by atoms with van der Waals surface area (Å²) in [6.07, 6.45) is 3.94. The van der Waals surface area contributed by atoms with Gasteiger partial charge in [-0.3, -0.25) is 4.79 Å². The Kier molecular flexibility index (Phi) is 7.74. The lowest BCUT2D eigenvalue weighted by Gasteiger charge is -2.13. The van der Waals surface area contributed by atoms with Crippen LogP contribution in [0.5, 0.6) is 11.5 Å². The highest BCUT2D eigenvalue weighted by atomic mass is 19.1. The Morgan fingerprint density at radius 3 is 2.50 bits per heavy atom. The molecule has 6 heteroatoms. The molecule has 1 heterocycles. The van der Waals surface area contributed by atoms with Crippen molar-refractivity contribution in [1.29, 1.82) is 0 Å². The van der Waals surface area contributed by atoms with Gasteiger partial charge in [0, 0.05) is 34.7 Å². The van der Waals surface area contributed by atoms with E-state index in [1.807, 2.05) is 51.1 Å². The van der Waals surface area contributed by atoms with Gasteiger partial charge in [0.05, 0.1) is 20.0 Å². The molecular formula is C30H30FNO4.